The van der Waals surface area contributed by atoms with Gasteiger partial charge in [0.2, 0.25) is 5.89 Å². The van der Waals surface area contributed by atoms with Crippen molar-refractivity contribution < 1.29 is 18.7 Å². The second-order valence-electron chi connectivity index (χ2n) is 6.94. The van der Waals surface area contributed by atoms with E-state index in [4.69, 9.17) is 13.9 Å². The van der Waals surface area contributed by atoms with Gasteiger partial charge in [-0.2, -0.15) is 0 Å². The van der Waals surface area contributed by atoms with Gasteiger partial charge in [-0.1, -0.05) is 33.3 Å². The SMILES string of the molecule is CCOc1ccccc1-c1nc(COC(=O)c2nnn(-c3ccc(Br)cc3)c2C)c(C)o1. The van der Waals surface area contributed by atoms with Crippen LogP contribution < -0.4 is 4.74 Å². The first-order chi connectivity index (χ1) is 15.5. The highest BCUT2D eigenvalue weighted by Gasteiger charge is 2.21. The van der Waals surface area contributed by atoms with E-state index >= 15 is 0 Å². The third-order valence-corrected chi connectivity index (χ3v) is 5.34. The molecule has 0 atom stereocenters. The second kappa shape index (κ2) is 9.35. The molecule has 32 heavy (non-hydrogen) atoms. The minimum absolute atomic E-state index is 0.0461. The van der Waals surface area contributed by atoms with Gasteiger partial charge in [-0.25, -0.2) is 14.5 Å². The zero-order chi connectivity index (χ0) is 22.7. The van der Waals surface area contributed by atoms with Crippen LogP contribution in [0.25, 0.3) is 17.1 Å². The van der Waals surface area contributed by atoms with Crippen LogP contribution in [0.2, 0.25) is 0 Å². The molecular formula is C23H21BrN4O4. The number of esters is 1. The maximum Gasteiger partial charge on any atom is 0.361 e. The molecule has 2 aromatic heterocycles. The predicted octanol–water partition coefficient (Wildman–Crippen LogP) is 5.06. The average Bonchev–Trinajstić information content (AvgIpc) is 3.36. The van der Waals surface area contributed by atoms with Crippen LogP contribution in [0.5, 0.6) is 5.75 Å². The van der Waals surface area contributed by atoms with Crippen LogP contribution in [-0.4, -0.2) is 32.6 Å². The highest BCUT2D eigenvalue weighted by Crippen LogP contribution is 2.30. The molecule has 0 aliphatic heterocycles. The van der Waals surface area contributed by atoms with Crippen molar-refractivity contribution in [1.29, 1.82) is 0 Å². The molecule has 0 fully saturated rings. The van der Waals surface area contributed by atoms with Crippen molar-refractivity contribution in [2.75, 3.05) is 6.61 Å². The molecule has 0 aliphatic rings. The smallest absolute Gasteiger partial charge is 0.361 e. The number of benzene rings is 2. The molecule has 0 saturated carbocycles. The molecule has 0 unspecified atom stereocenters. The fourth-order valence-corrected chi connectivity index (χ4v) is 3.41. The van der Waals surface area contributed by atoms with Gasteiger partial charge < -0.3 is 13.9 Å². The van der Waals surface area contributed by atoms with Crippen molar-refractivity contribution in [1.82, 2.24) is 20.0 Å². The number of nitrogens with zero attached hydrogens (tertiary/aromatic N) is 4. The normalized spacial score (nSPS) is 10.9. The van der Waals surface area contributed by atoms with Gasteiger partial charge in [-0.3, -0.25) is 0 Å². The van der Waals surface area contributed by atoms with Gasteiger partial charge in [0.15, 0.2) is 5.69 Å². The zero-order valence-electron chi connectivity index (χ0n) is 17.8. The number of para-hydroxylation sites is 1. The van der Waals surface area contributed by atoms with Gasteiger partial charge >= 0.3 is 5.97 Å². The molecule has 8 nitrogen and oxygen atoms in total. The third kappa shape index (κ3) is 4.43. The van der Waals surface area contributed by atoms with Crippen molar-refractivity contribution in [3.63, 3.8) is 0 Å². The number of carbonyl (C=O) groups excluding carboxylic acids is 1. The Bertz CT molecular complexity index is 1250. The quantitative estimate of drug-likeness (QED) is 0.330. The molecule has 2 heterocycles. The van der Waals surface area contributed by atoms with E-state index in [2.05, 4.69) is 31.2 Å². The van der Waals surface area contributed by atoms with E-state index < -0.39 is 5.97 Å². The van der Waals surface area contributed by atoms with Gasteiger partial charge in [-0.15, -0.1) is 5.10 Å². The highest BCUT2D eigenvalue weighted by molar-refractivity contribution is 9.10. The van der Waals surface area contributed by atoms with E-state index in [1.807, 2.05) is 55.5 Å². The number of carbonyl (C=O) groups is 1. The Kier molecular flexibility index (Phi) is 6.36. The molecule has 0 saturated heterocycles. The Morgan fingerprint density at radius 1 is 1.12 bits per heavy atom. The lowest BCUT2D eigenvalue weighted by atomic mass is 10.2. The molecule has 0 bridgehead atoms. The topological polar surface area (TPSA) is 92.3 Å². The van der Waals surface area contributed by atoms with E-state index in [-0.39, 0.29) is 12.3 Å². The number of hydrogen-bond acceptors (Lipinski definition) is 7. The number of aryl methyl sites for hydroxylation is 1. The van der Waals surface area contributed by atoms with Crippen LogP contribution in [-0.2, 0) is 11.3 Å². The molecule has 4 rings (SSSR count). The van der Waals surface area contributed by atoms with Gasteiger partial charge in [0.1, 0.15) is 23.8 Å². The number of oxazole rings is 1. The van der Waals surface area contributed by atoms with Crippen LogP contribution in [0.4, 0.5) is 0 Å². The lowest BCUT2D eigenvalue weighted by Crippen LogP contribution is -2.09. The third-order valence-electron chi connectivity index (χ3n) is 4.81. The average molecular weight is 497 g/mol. The molecule has 9 heteroatoms. The largest absolute Gasteiger partial charge is 0.493 e. The summed E-state index contributed by atoms with van der Waals surface area (Å²) in [6.07, 6.45) is 0. The van der Waals surface area contributed by atoms with Crippen LogP contribution in [0.15, 0.2) is 57.4 Å². The summed E-state index contributed by atoms with van der Waals surface area (Å²) < 4.78 is 19.4. The minimum atomic E-state index is -0.579. The van der Waals surface area contributed by atoms with Crippen LogP contribution in [0.3, 0.4) is 0 Å². The van der Waals surface area contributed by atoms with Gasteiger partial charge in [0, 0.05) is 4.47 Å². The van der Waals surface area contributed by atoms with Crippen molar-refractivity contribution >= 4 is 21.9 Å². The summed E-state index contributed by atoms with van der Waals surface area (Å²) in [6, 6.07) is 15.0. The van der Waals surface area contributed by atoms with Crippen molar-refractivity contribution in [3.8, 4) is 22.9 Å². The summed E-state index contributed by atoms with van der Waals surface area (Å²) in [6.45, 7) is 5.94. The Balaban J connectivity index is 1.49. The monoisotopic (exact) mass is 496 g/mol. The standard InChI is InChI=1S/C23H21BrN4O4/c1-4-30-20-8-6-5-7-18(20)22-25-19(15(3)32-22)13-31-23(29)21-14(2)28(27-26-21)17-11-9-16(24)10-12-17/h5-12H,4,13H2,1-3H3. The van der Waals surface area contributed by atoms with E-state index in [1.165, 1.54) is 0 Å². The fourth-order valence-electron chi connectivity index (χ4n) is 3.15. The van der Waals surface area contributed by atoms with E-state index in [0.29, 0.717) is 35.4 Å². The fraction of sp³-hybridized carbons (Fsp3) is 0.217. The van der Waals surface area contributed by atoms with Crippen LogP contribution in [0.1, 0.15) is 34.6 Å². The molecule has 2 aromatic carbocycles. The van der Waals surface area contributed by atoms with Crippen LogP contribution in [0, 0.1) is 13.8 Å². The predicted molar refractivity (Wildman–Crippen MR) is 121 cm³/mol. The summed E-state index contributed by atoms with van der Waals surface area (Å²) in [5.41, 5.74) is 2.79. The maximum atomic E-state index is 12.6. The van der Waals surface area contributed by atoms with E-state index in [9.17, 15) is 4.79 Å². The first kappa shape index (κ1) is 21.8. The number of ether oxygens (including phenoxy) is 2. The van der Waals surface area contributed by atoms with E-state index in [0.717, 1.165) is 15.7 Å². The molecular weight excluding hydrogens is 476 g/mol. The van der Waals surface area contributed by atoms with Gasteiger partial charge in [0.25, 0.3) is 0 Å². The van der Waals surface area contributed by atoms with Gasteiger partial charge in [0.05, 0.1) is 23.6 Å². The second-order valence-corrected chi connectivity index (χ2v) is 7.85. The van der Waals surface area contributed by atoms with Crippen LogP contribution >= 0.6 is 15.9 Å². The Morgan fingerprint density at radius 2 is 1.88 bits per heavy atom. The maximum absolute atomic E-state index is 12.6. The zero-order valence-corrected chi connectivity index (χ0v) is 19.4. The summed E-state index contributed by atoms with van der Waals surface area (Å²) >= 11 is 3.40. The van der Waals surface area contributed by atoms with Crippen molar-refractivity contribution in [2.45, 2.75) is 27.4 Å². The molecule has 0 N–H and O–H groups in total. The number of aromatic nitrogens is 4. The molecule has 4 aromatic rings. The summed E-state index contributed by atoms with van der Waals surface area (Å²) in [5.74, 6) is 1.08. The number of hydrogen-bond donors (Lipinski definition) is 0. The van der Waals surface area contributed by atoms with Gasteiger partial charge in [-0.05, 0) is 57.2 Å². The Morgan fingerprint density at radius 3 is 2.62 bits per heavy atom. The van der Waals surface area contributed by atoms with Crippen molar-refractivity contribution in [3.05, 3.63) is 75.8 Å². The number of halogens is 1. The molecule has 164 valence electrons. The highest BCUT2D eigenvalue weighted by atomic mass is 79.9. The first-order valence-electron chi connectivity index (χ1n) is 10.0. The summed E-state index contributed by atoms with van der Waals surface area (Å²) in [5, 5.41) is 8.08. The molecule has 0 aliphatic carbocycles. The van der Waals surface area contributed by atoms with E-state index in [1.54, 1.807) is 18.5 Å². The lowest BCUT2D eigenvalue weighted by Gasteiger charge is -2.06. The lowest BCUT2D eigenvalue weighted by molar-refractivity contribution is 0.0459. The van der Waals surface area contributed by atoms with Crippen molar-refractivity contribution in [2.24, 2.45) is 0 Å². The molecule has 0 radical (unpaired) electrons. The Hall–Kier alpha value is -3.46. The minimum Gasteiger partial charge on any atom is -0.493 e. The number of rotatable bonds is 7. The Labute approximate surface area is 193 Å². The molecule has 0 spiro atoms. The molecule has 0 amide bonds. The summed E-state index contributed by atoms with van der Waals surface area (Å²) in [7, 11) is 0. The summed E-state index contributed by atoms with van der Waals surface area (Å²) in [4.78, 5) is 17.1. The first-order valence-corrected chi connectivity index (χ1v) is 10.8.